The van der Waals surface area contributed by atoms with E-state index in [1.807, 2.05) is 31.2 Å². The van der Waals surface area contributed by atoms with Crippen LogP contribution in [0.3, 0.4) is 0 Å². The molecule has 2 rings (SSSR count). The minimum absolute atomic E-state index is 0.00343. The Kier molecular flexibility index (Phi) is 4.25. The van der Waals surface area contributed by atoms with Crippen molar-refractivity contribution in [2.45, 2.75) is 45.1 Å². The molecule has 0 aliphatic heterocycles. The fraction of sp³-hybridized carbons (Fsp3) is 0.562. The Morgan fingerprint density at radius 1 is 1.42 bits per heavy atom. The van der Waals surface area contributed by atoms with Gasteiger partial charge in [0.1, 0.15) is 0 Å². The maximum Gasteiger partial charge on any atom is 0.251 e. The number of nitrogens with two attached hydrogens (primary N) is 1. The number of hydrogen-bond acceptors (Lipinski definition) is 2. The van der Waals surface area contributed by atoms with Crippen molar-refractivity contribution in [1.29, 1.82) is 0 Å². The Morgan fingerprint density at radius 3 is 2.68 bits per heavy atom. The van der Waals surface area contributed by atoms with Crippen molar-refractivity contribution in [2.75, 3.05) is 6.54 Å². The lowest BCUT2D eigenvalue weighted by molar-refractivity contribution is 0.0860. The third kappa shape index (κ3) is 3.35. The average molecular weight is 260 g/mol. The van der Waals surface area contributed by atoms with Gasteiger partial charge in [0.15, 0.2) is 0 Å². The Labute approximate surface area is 115 Å². The van der Waals surface area contributed by atoms with Gasteiger partial charge in [-0.25, -0.2) is 0 Å². The molecule has 0 bridgehead atoms. The second-order valence-corrected chi connectivity index (χ2v) is 5.99. The molecule has 1 aromatic rings. The summed E-state index contributed by atoms with van der Waals surface area (Å²) in [7, 11) is 0. The molecule has 3 nitrogen and oxygen atoms in total. The van der Waals surface area contributed by atoms with E-state index in [2.05, 4.69) is 12.2 Å². The molecule has 1 fully saturated rings. The highest BCUT2D eigenvalue weighted by molar-refractivity contribution is 5.94. The summed E-state index contributed by atoms with van der Waals surface area (Å²) in [5, 5.41) is 3.18. The van der Waals surface area contributed by atoms with Gasteiger partial charge in [0.25, 0.3) is 5.91 Å². The lowest BCUT2D eigenvalue weighted by Crippen LogP contribution is -2.55. The molecule has 0 saturated heterocycles. The maximum absolute atomic E-state index is 12.3. The molecule has 3 N–H and O–H groups in total. The first kappa shape index (κ1) is 14.1. The summed E-state index contributed by atoms with van der Waals surface area (Å²) in [6.45, 7) is 4.79. The number of nitrogens with one attached hydrogen (secondary N) is 1. The van der Waals surface area contributed by atoms with Crippen LogP contribution in [0.5, 0.6) is 0 Å². The highest BCUT2D eigenvalue weighted by Gasteiger charge is 2.34. The van der Waals surface area contributed by atoms with Crippen LogP contribution in [0.2, 0.25) is 0 Å². The summed E-state index contributed by atoms with van der Waals surface area (Å²) < 4.78 is 0. The maximum atomic E-state index is 12.3. The predicted molar refractivity (Wildman–Crippen MR) is 78.1 cm³/mol. The summed E-state index contributed by atoms with van der Waals surface area (Å²) in [5.41, 5.74) is 7.56. The lowest BCUT2D eigenvalue weighted by Gasteiger charge is -2.39. The standard InChI is InChI=1S/C16H24N2O/c1-12-6-8-16(11-17,9-7-12)18-15(19)14-5-3-4-13(2)10-14/h3-5,10,12H,6-9,11,17H2,1-2H3,(H,18,19). The number of hydrogen-bond donors (Lipinski definition) is 2. The van der Waals surface area contributed by atoms with Crippen LogP contribution in [0.1, 0.15) is 48.5 Å². The summed E-state index contributed by atoms with van der Waals surface area (Å²) >= 11 is 0. The lowest BCUT2D eigenvalue weighted by atomic mass is 9.77. The van der Waals surface area contributed by atoms with E-state index in [4.69, 9.17) is 5.73 Å². The smallest absolute Gasteiger partial charge is 0.251 e. The summed E-state index contributed by atoms with van der Waals surface area (Å²) in [6, 6.07) is 7.70. The van der Waals surface area contributed by atoms with Gasteiger partial charge in [-0.2, -0.15) is 0 Å². The van der Waals surface area contributed by atoms with Crippen LogP contribution in [-0.4, -0.2) is 18.0 Å². The minimum atomic E-state index is -0.201. The highest BCUT2D eigenvalue weighted by Crippen LogP contribution is 2.31. The molecule has 0 atom stereocenters. The number of carbonyl (C=O) groups is 1. The van der Waals surface area contributed by atoms with E-state index in [0.29, 0.717) is 6.54 Å². The van der Waals surface area contributed by atoms with E-state index in [-0.39, 0.29) is 11.4 Å². The number of benzene rings is 1. The van der Waals surface area contributed by atoms with Crippen molar-refractivity contribution in [3.8, 4) is 0 Å². The van der Waals surface area contributed by atoms with E-state index in [0.717, 1.165) is 42.7 Å². The Morgan fingerprint density at radius 2 is 2.11 bits per heavy atom. The van der Waals surface area contributed by atoms with Crippen LogP contribution >= 0.6 is 0 Å². The Hall–Kier alpha value is -1.35. The van der Waals surface area contributed by atoms with Crippen molar-refractivity contribution in [3.63, 3.8) is 0 Å². The molecule has 104 valence electrons. The second kappa shape index (κ2) is 5.74. The van der Waals surface area contributed by atoms with Crippen LogP contribution in [0.25, 0.3) is 0 Å². The van der Waals surface area contributed by atoms with Gasteiger partial charge in [-0.3, -0.25) is 4.79 Å². The highest BCUT2D eigenvalue weighted by atomic mass is 16.1. The van der Waals surface area contributed by atoms with Gasteiger partial charge in [-0.15, -0.1) is 0 Å². The number of amides is 1. The quantitative estimate of drug-likeness (QED) is 0.877. The predicted octanol–water partition coefficient (Wildman–Crippen LogP) is 2.63. The first-order chi connectivity index (χ1) is 9.04. The second-order valence-electron chi connectivity index (χ2n) is 5.99. The van der Waals surface area contributed by atoms with Gasteiger partial charge in [-0.05, 0) is 50.7 Å². The number of aryl methyl sites for hydroxylation is 1. The van der Waals surface area contributed by atoms with Crippen molar-refractivity contribution < 1.29 is 4.79 Å². The average Bonchev–Trinajstić information content (AvgIpc) is 2.42. The van der Waals surface area contributed by atoms with Gasteiger partial charge >= 0.3 is 0 Å². The van der Waals surface area contributed by atoms with Crippen molar-refractivity contribution >= 4 is 5.91 Å². The van der Waals surface area contributed by atoms with Crippen molar-refractivity contribution in [1.82, 2.24) is 5.32 Å². The van der Waals surface area contributed by atoms with Gasteiger partial charge in [0, 0.05) is 12.1 Å². The summed E-state index contributed by atoms with van der Waals surface area (Å²) in [6.07, 6.45) is 4.26. The fourth-order valence-electron chi connectivity index (χ4n) is 2.79. The molecule has 1 saturated carbocycles. The number of rotatable bonds is 3. The van der Waals surface area contributed by atoms with E-state index in [9.17, 15) is 4.79 Å². The van der Waals surface area contributed by atoms with Crippen LogP contribution in [0.4, 0.5) is 0 Å². The van der Waals surface area contributed by atoms with Gasteiger partial charge in [0.05, 0.1) is 5.54 Å². The Balaban J connectivity index is 2.08. The largest absolute Gasteiger partial charge is 0.345 e. The van der Waals surface area contributed by atoms with E-state index < -0.39 is 0 Å². The van der Waals surface area contributed by atoms with Crippen LogP contribution < -0.4 is 11.1 Å². The molecule has 0 heterocycles. The third-order valence-corrected chi connectivity index (χ3v) is 4.28. The van der Waals surface area contributed by atoms with Gasteiger partial charge in [-0.1, -0.05) is 24.6 Å². The molecule has 0 radical (unpaired) electrons. The molecule has 0 unspecified atom stereocenters. The topological polar surface area (TPSA) is 55.1 Å². The monoisotopic (exact) mass is 260 g/mol. The van der Waals surface area contributed by atoms with E-state index in [1.54, 1.807) is 0 Å². The molecule has 1 amide bonds. The molecule has 0 aromatic heterocycles. The van der Waals surface area contributed by atoms with Crippen LogP contribution in [0, 0.1) is 12.8 Å². The minimum Gasteiger partial charge on any atom is -0.345 e. The zero-order chi connectivity index (χ0) is 13.9. The van der Waals surface area contributed by atoms with Crippen molar-refractivity contribution in [2.24, 2.45) is 11.7 Å². The first-order valence-corrected chi connectivity index (χ1v) is 7.14. The molecule has 19 heavy (non-hydrogen) atoms. The normalized spacial score (nSPS) is 27.0. The molecule has 0 spiro atoms. The SMILES string of the molecule is Cc1cccc(C(=O)NC2(CN)CCC(C)CC2)c1. The molecule has 1 aliphatic carbocycles. The van der Waals surface area contributed by atoms with Crippen LogP contribution in [0.15, 0.2) is 24.3 Å². The summed E-state index contributed by atoms with van der Waals surface area (Å²) in [4.78, 5) is 12.3. The molecular formula is C16H24N2O. The van der Waals surface area contributed by atoms with E-state index >= 15 is 0 Å². The summed E-state index contributed by atoms with van der Waals surface area (Å²) in [5.74, 6) is 0.749. The molecule has 3 heteroatoms. The zero-order valence-electron chi connectivity index (χ0n) is 11.9. The van der Waals surface area contributed by atoms with Gasteiger partial charge < -0.3 is 11.1 Å². The first-order valence-electron chi connectivity index (χ1n) is 7.14. The van der Waals surface area contributed by atoms with E-state index in [1.165, 1.54) is 0 Å². The third-order valence-electron chi connectivity index (χ3n) is 4.28. The molecule has 1 aliphatic rings. The number of carbonyl (C=O) groups excluding carboxylic acids is 1. The van der Waals surface area contributed by atoms with Crippen LogP contribution in [-0.2, 0) is 0 Å². The van der Waals surface area contributed by atoms with Gasteiger partial charge in [0.2, 0.25) is 0 Å². The fourth-order valence-corrected chi connectivity index (χ4v) is 2.79. The zero-order valence-corrected chi connectivity index (χ0v) is 11.9. The van der Waals surface area contributed by atoms with Crippen molar-refractivity contribution in [3.05, 3.63) is 35.4 Å². The molecule has 1 aromatic carbocycles. The Bertz CT molecular complexity index is 448. The molecular weight excluding hydrogens is 236 g/mol.